The smallest absolute Gasteiger partial charge is 0.261 e. The zero-order valence-corrected chi connectivity index (χ0v) is 19.5. The highest BCUT2D eigenvalue weighted by atomic mass is 79.9. The normalized spacial score (nSPS) is 13.0. The van der Waals surface area contributed by atoms with Crippen LogP contribution in [0, 0.1) is 0 Å². The zero-order chi connectivity index (χ0) is 18.6. The summed E-state index contributed by atoms with van der Waals surface area (Å²) in [6.07, 6.45) is 6.08. The molecule has 1 aliphatic rings. The average molecular weight is 513 g/mol. The Morgan fingerprint density at radius 1 is 0.821 bits per heavy atom. The number of rotatable bonds is 8. The van der Waals surface area contributed by atoms with Crippen molar-refractivity contribution >= 4 is 11.8 Å². The van der Waals surface area contributed by atoms with Crippen molar-refractivity contribution in [3.63, 3.8) is 0 Å². The number of amides is 2. The number of aryl methyl sites for hydroxylation is 1. The van der Waals surface area contributed by atoms with Crippen molar-refractivity contribution in [2.45, 2.75) is 19.4 Å². The van der Waals surface area contributed by atoms with E-state index in [1.54, 1.807) is 24.3 Å². The summed E-state index contributed by atoms with van der Waals surface area (Å²) in [5.41, 5.74) is 1.07. The summed E-state index contributed by atoms with van der Waals surface area (Å²) >= 11 is 0. The van der Waals surface area contributed by atoms with Crippen LogP contribution >= 0.6 is 0 Å². The quantitative estimate of drug-likeness (QED) is 0.206. The number of hydrogen-bond donors (Lipinski definition) is 0. The van der Waals surface area contributed by atoms with Gasteiger partial charge in [-0.3, -0.25) is 14.5 Å². The molecule has 0 N–H and O–H groups in total. The lowest BCUT2D eigenvalue weighted by Gasteiger charge is -2.30. The van der Waals surface area contributed by atoms with Gasteiger partial charge in [-0.2, -0.15) is 0 Å². The number of pyridine rings is 1. The molecule has 7 heteroatoms. The lowest BCUT2D eigenvalue weighted by atomic mass is 10.1. The van der Waals surface area contributed by atoms with Crippen molar-refractivity contribution in [3.8, 4) is 0 Å². The van der Waals surface area contributed by atoms with E-state index >= 15 is 0 Å². The first kappa shape index (κ1) is 24.5. The van der Waals surface area contributed by atoms with Crippen molar-refractivity contribution in [1.29, 1.82) is 0 Å². The number of carbonyl (C=O) groups excluding carboxylic acids is 2. The fourth-order valence-electron chi connectivity index (χ4n) is 3.48. The van der Waals surface area contributed by atoms with Gasteiger partial charge in [0.15, 0.2) is 18.9 Å². The van der Waals surface area contributed by atoms with Gasteiger partial charge in [0.2, 0.25) is 0 Å². The topological polar surface area (TPSA) is 41.3 Å². The van der Waals surface area contributed by atoms with Gasteiger partial charge in [0, 0.05) is 25.1 Å². The lowest BCUT2D eigenvalue weighted by molar-refractivity contribution is -0.893. The van der Waals surface area contributed by atoms with E-state index in [0.717, 1.165) is 37.0 Å². The molecule has 0 saturated heterocycles. The number of nitrogens with zero attached hydrogens (tertiary/aromatic N) is 3. The van der Waals surface area contributed by atoms with Crippen molar-refractivity contribution in [1.82, 2.24) is 4.90 Å². The van der Waals surface area contributed by atoms with Crippen LogP contribution in [0.25, 0.3) is 0 Å². The number of halogens is 2. The van der Waals surface area contributed by atoms with Crippen LogP contribution in [0.1, 0.15) is 33.6 Å². The molecule has 2 heterocycles. The summed E-state index contributed by atoms with van der Waals surface area (Å²) in [6, 6.07) is 13.2. The highest BCUT2D eigenvalue weighted by molar-refractivity contribution is 6.21. The summed E-state index contributed by atoms with van der Waals surface area (Å²) < 4.78 is 3.08. The van der Waals surface area contributed by atoms with Crippen molar-refractivity contribution in [2.24, 2.45) is 0 Å². The van der Waals surface area contributed by atoms with E-state index in [1.165, 1.54) is 4.90 Å². The Balaban J connectivity index is 0.00000196. The molecule has 5 nitrogen and oxygen atoms in total. The van der Waals surface area contributed by atoms with Crippen molar-refractivity contribution in [3.05, 3.63) is 66.0 Å². The number of carbonyl (C=O) groups is 2. The summed E-state index contributed by atoms with van der Waals surface area (Å²) in [7, 11) is 4.41. The second kappa shape index (κ2) is 10.8. The van der Waals surface area contributed by atoms with Gasteiger partial charge < -0.3 is 38.4 Å². The molecular weight excluding hydrogens is 486 g/mol. The second-order valence-corrected chi connectivity index (χ2v) is 7.51. The van der Waals surface area contributed by atoms with Crippen LogP contribution in [0.15, 0.2) is 54.9 Å². The number of quaternary nitrogens is 1. The SMILES string of the molecule is C[N+](C)(CCCN1C(=O)c2ccccc2C1=O)CCC[n+]1ccccc1.[Br-].[Br-]. The van der Waals surface area contributed by atoms with Gasteiger partial charge in [-0.25, -0.2) is 4.57 Å². The third-order valence-corrected chi connectivity index (χ3v) is 4.98. The minimum absolute atomic E-state index is 0. The van der Waals surface area contributed by atoms with Crippen LogP contribution in [0.2, 0.25) is 0 Å². The van der Waals surface area contributed by atoms with Crippen LogP contribution in [-0.2, 0) is 6.54 Å². The molecule has 28 heavy (non-hydrogen) atoms. The van der Waals surface area contributed by atoms with Crippen LogP contribution in [0.5, 0.6) is 0 Å². The fourth-order valence-corrected chi connectivity index (χ4v) is 3.48. The minimum atomic E-state index is -0.156. The van der Waals surface area contributed by atoms with Gasteiger partial charge in [-0.1, -0.05) is 18.2 Å². The first-order valence-corrected chi connectivity index (χ1v) is 9.19. The molecule has 0 bridgehead atoms. The van der Waals surface area contributed by atoms with Gasteiger partial charge in [-0.15, -0.1) is 0 Å². The predicted octanol–water partition coefficient (Wildman–Crippen LogP) is -3.87. The Labute approximate surface area is 188 Å². The molecule has 1 aromatic carbocycles. The molecule has 2 amide bonds. The van der Waals surface area contributed by atoms with Crippen LogP contribution in [-0.4, -0.2) is 54.9 Å². The average Bonchev–Trinajstić information content (AvgIpc) is 2.88. The van der Waals surface area contributed by atoms with Gasteiger partial charge in [0.25, 0.3) is 11.8 Å². The fraction of sp³-hybridized carbons (Fsp3) is 0.381. The molecule has 3 rings (SSSR count). The Hall–Kier alpha value is -1.57. The molecule has 0 unspecified atom stereocenters. The van der Waals surface area contributed by atoms with Gasteiger partial charge in [-0.05, 0) is 12.1 Å². The number of fused-ring (bicyclic) bond motifs is 1. The monoisotopic (exact) mass is 511 g/mol. The standard InChI is InChI=1S/C21H27N3O2.2BrH/c1-24(2,16-8-14-22-12-6-3-7-13-22)17-9-15-23-20(25)18-10-4-5-11-19(18)21(23)26;;/h3-7,10-13H,8-9,14-17H2,1-2H3;2*1H/q+2;;/p-2. The molecule has 0 fully saturated rings. The number of benzene rings is 1. The Bertz CT molecular complexity index is 762. The maximum Gasteiger partial charge on any atom is 0.261 e. The van der Waals surface area contributed by atoms with Crippen LogP contribution in [0.3, 0.4) is 0 Å². The zero-order valence-electron chi connectivity index (χ0n) is 16.4. The van der Waals surface area contributed by atoms with Crippen molar-refractivity contribution < 1.29 is 52.6 Å². The molecule has 2 aromatic rings. The molecule has 152 valence electrons. The maximum absolute atomic E-state index is 12.4. The predicted molar refractivity (Wildman–Crippen MR) is 99.5 cm³/mol. The van der Waals surface area contributed by atoms with Crippen LogP contribution < -0.4 is 38.5 Å². The number of imide groups is 1. The van der Waals surface area contributed by atoms with Crippen molar-refractivity contribution in [2.75, 3.05) is 33.7 Å². The minimum Gasteiger partial charge on any atom is -1.00 e. The van der Waals surface area contributed by atoms with E-state index in [9.17, 15) is 9.59 Å². The van der Waals surface area contributed by atoms with Gasteiger partial charge in [0.05, 0.1) is 44.7 Å². The highest BCUT2D eigenvalue weighted by Gasteiger charge is 2.34. The molecule has 0 spiro atoms. The molecule has 0 saturated carbocycles. The van der Waals surface area contributed by atoms with E-state index in [0.29, 0.717) is 17.7 Å². The molecule has 0 radical (unpaired) electrons. The van der Waals surface area contributed by atoms with E-state index < -0.39 is 0 Å². The Morgan fingerprint density at radius 3 is 1.93 bits per heavy atom. The Kier molecular flexibility index (Phi) is 9.47. The van der Waals surface area contributed by atoms with Gasteiger partial charge in [0.1, 0.15) is 0 Å². The molecule has 0 aliphatic carbocycles. The summed E-state index contributed by atoms with van der Waals surface area (Å²) in [5, 5.41) is 0. The first-order valence-electron chi connectivity index (χ1n) is 9.19. The molecule has 1 aromatic heterocycles. The second-order valence-electron chi connectivity index (χ2n) is 7.51. The maximum atomic E-state index is 12.4. The summed E-state index contributed by atoms with van der Waals surface area (Å²) in [5.74, 6) is -0.312. The lowest BCUT2D eigenvalue weighted by Crippen LogP contribution is -3.00. The van der Waals surface area contributed by atoms with E-state index in [4.69, 9.17) is 0 Å². The van der Waals surface area contributed by atoms with Crippen LogP contribution in [0.4, 0.5) is 0 Å². The number of aromatic nitrogens is 1. The molecule has 0 atom stereocenters. The number of hydrogen-bond acceptors (Lipinski definition) is 2. The third-order valence-electron chi connectivity index (χ3n) is 4.98. The van der Waals surface area contributed by atoms with E-state index in [2.05, 4.69) is 31.1 Å². The molecular formula is C21H27Br2N3O2. The highest BCUT2D eigenvalue weighted by Crippen LogP contribution is 2.22. The summed E-state index contributed by atoms with van der Waals surface area (Å²) in [6.45, 7) is 3.49. The third kappa shape index (κ3) is 5.96. The van der Waals surface area contributed by atoms with Gasteiger partial charge >= 0.3 is 0 Å². The molecule has 1 aliphatic heterocycles. The Morgan fingerprint density at radius 2 is 1.36 bits per heavy atom. The first-order chi connectivity index (χ1) is 12.5. The van der Waals surface area contributed by atoms with E-state index in [1.807, 2.05) is 18.2 Å². The largest absolute Gasteiger partial charge is 1.00 e. The van der Waals surface area contributed by atoms with E-state index in [-0.39, 0.29) is 45.8 Å². The summed E-state index contributed by atoms with van der Waals surface area (Å²) in [4.78, 5) is 26.2.